The minimum atomic E-state index is -0.562. The standard InChI is InChI=1S/C23H35N5O3/c1-23(2,3)31-22(30)28-12-6-9-19(28)21(29)26-16-10-13-27(14-11-16)20-17-7-4-5-8-18(17)24-15-25-20/h15-16,19H,4-14H2,1-3H3,(H,26,29)/t19-/m1/s1. The second kappa shape index (κ2) is 9.01. The van der Waals surface area contributed by atoms with Crippen LogP contribution in [0.4, 0.5) is 10.6 Å². The number of hydrogen-bond donors (Lipinski definition) is 1. The van der Waals surface area contributed by atoms with Crippen LogP contribution in [0.25, 0.3) is 0 Å². The van der Waals surface area contributed by atoms with Gasteiger partial charge in [-0.1, -0.05) is 0 Å². The van der Waals surface area contributed by atoms with E-state index in [0.29, 0.717) is 13.0 Å². The van der Waals surface area contributed by atoms with E-state index in [4.69, 9.17) is 4.74 Å². The Balaban J connectivity index is 1.32. The van der Waals surface area contributed by atoms with Crippen molar-refractivity contribution in [1.29, 1.82) is 0 Å². The Bertz CT molecular complexity index is 814. The zero-order chi connectivity index (χ0) is 22.0. The number of rotatable bonds is 3. The molecule has 0 spiro atoms. The fourth-order valence-electron chi connectivity index (χ4n) is 4.89. The summed E-state index contributed by atoms with van der Waals surface area (Å²) < 4.78 is 5.49. The minimum absolute atomic E-state index is 0.0544. The Kier molecular flexibility index (Phi) is 6.34. The molecule has 0 unspecified atom stereocenters. The molecule has 2 aliphatic heterocycles. The molecule has 1 aromatic heterocycles. The topological polar surface area (TPSA) is 87.7 Å². The lowest BCUT2D eigenvalue weighted by atomic mass is 9.95. The first-order valence-electron chi connectivity index (χ1n) is 11.7. The van der Waals surface area contributed by atoms with E-state index in [1.165, 1.54) is 24.1 Å². The van der Waals surface area contributed by atoms with E-state index < -0.39 is 17.7 Å². The molecule has 0 saturated carbocycles. The van der Waals surface area contributed by atoms with Gasteiger partial charge in [-0.15, -0.1) is 0 Å². The van der Waals surface area contributed by atoms with Crippen LogP contribution in [0.3, 0.4) is 0 Å². The van der Waals surface area contributed by atoms with Gasteiger partial charge in [-0.2, -0.15) is 0 Å². The van der Waals surface area contributed by atoms with Crippen molar-refractivity contribution < 1.29 is 14.3 Å². The molecule has 4 rings (SSSR count). The average molecular weight is 430 g/mol. The molecule has 2 amide bonds. The number of aryl methyl sites for hydroxylation is 1. The van der Waals surface area contributed by atoms with Gasteiger partial charge >= 0.3 is 6.09 Å². The predicted molar refractivity (Wildman–Crippen MR) is 118 cm³/mol. The molecular weight excluding hydrogens is 394 g/mol. The third kappa shape index (κ3) is 5.10. The van der Waals surface area contributed by atoms with Crippen LogP contribution in [0.1, 0.15) is 70.6 Å². The number of anilines is 1. The summed E-state index contributed by atoms with van der Waals surface area (Å²) in [5.74, 6) is 1.03. The molecule has 31 heavy (non-hydrogen) atoms. The van der Waals surface area contributed by atoms with Crippen molar-refractivity contribution in [2.24, 2.45) is 0 Å². The first-order valence-corrected chi connectivity index (χ1v) is 11.7. The van der Waals surface area contributed by atoms with E-state index in [2.05, 4.69) is 20.2 Å². The second-order valence-corrected chi connectivity index (χ2v) is 9.93. The van der Waals surface area contributed by atoms with E-state index >= 15 is 0 Å². The number of likely N-dealkylation sites (tertiary alicyclic amines) is 1. The summed E-state index contributed by atoms with van der Waals surface area (Å²) in [5, 5.41) is 3.20. The molecular formula is C23H35N5O3. The molecule has 8 nitrogen and oxygen atoms in total. The molecule has 8 heteroatoms. The van der Waals surface area contributed by atoms with Crippen LogP contribution in [0.5, 0.6) is 0 Å². The van der Waals surface area contributed by atoms with Crippen molar-refractivity contribution in [3.8, 4) is 0 Å². The summed E-state index contributed by atoms with van der Waals surface area (Å²) in [6.07, 6.45) is 9.09. The number of hydrogen-bond acceptors (Lipinski definition) is 6. The molecule has 1 atom stereocenters. The Morgan fingerprint density at radius 2 is 1.77 bits per heavy atom. The van der Waals surface area contributed by atoms with Crippen LogP contribution >= 0.6 is 0 Å². The molecule has 2 fully saturated rings. The Morgan fingerprint density at radius 3 is 2.52 bits per heavy atom. The van der Waals surface area contributed by atoms with Crippen LogP contribution in [-0.2, 0) is 22.4 Å². The van der Waals surface area contributed by atoms with Gasteiger partial charge in [0.15, 0.2) is 0 Å². The Hall–Kier alpha value is -2.38. The van der Waals surface area contributed by atoms with E-state index in [9.17, 15) is 9.59 Å². The summed E-state index contributed by atoms with van der Waals surface area (Å²) in [4.78, 5) is 38.4. The van der Waals surface area contributed by atoms with Crippen molar-refractivity contribution in [1.82, 2.24) is 20.2 Å². The third-order valence-corrected chi connectivity index (χ3v) is 6.43. The van der Waals surface area contributed by atoms with E-state index in [0.717, 1.165) is 51.0 Å². The lowest BCUT2D eigenvalue weighted by Gasteiger charge is -2.35. The molecule has 170 valence electrons. The number of carbonyl (C=O) groups is 2. The SMILES string of the molecule is CC(C)(C)OC(=O)N1CCC[C@@H]1C(=O)NC1CCN(c2ncnc3c2CCCC3)CC1. The average Bonchev–Trinajstić information content (AvgIpc) is 3.23. The second-order valence-electron chi connectivity index (χ2n) is 9.93. The van der Waals surface area contributed by atoms with Gasteiger partial charge in [0.1, 0.15) is 23.8 Å². The lowest BCUT2D eigenvalue weighted by Crippen LogP contribution is -2.52. The molecule has 0 bridgehead atoms. The number of carbonyl (C=O) groups excluding carboxylic acids is 2. The quantitative estimate of drug-likeness (QED) is 0.795. The highest BCUT2D eigenvalue weighted by atomic mass is 16.6. The smallest absolute Gasteiger partial charge is 0.410 e. The highest BCUT2D eigenvalue weighted by Crippen LogP contribution is 2.29. The number of fused-ring (bicyclic) bond motifs is 1. The zero-order valence-corrected chi connectivity index (χ0v) is 19.0. The summed E-state index contributed by atoms with van der Waals surface area (Å²) in [5.41, 5.74) is 1.96. The summed E-state index contributed by atoms with van der Waals surface area (Å²) in [7, 11) is 0. The first-order chi connectivity index (χ1) is 14.8. The van der Waals surface area contributed by atoms with Crippen LogP contribution < -0.4 is 10.2 Å². The van der Waals surface area contributed by atoms with Crippen molar-refractivity contribution in [3.63, 3.8) is 0 Å². The predicted octanol–water partition coefficient (Wildman–Crippen LogP) is 2.84. The molecule has 1 N–H and O–H groups in total. The zero-order valence-electron chi connectivity index (χ0n) is 19.0. The van der Waals surface area contributed by atoms with Crippen molar-refractivity contribution in [2.75, 3.05) is 24.5 Å². The first kappa shape index (κ1) is 21.8. The molecule has 1 aromatic rings. The molecule has 0 radical (unpaired) electrons. The summed E-state index contributed by atoms with van der Waals surface area (Å²) >= 11 is 0. The maximum atomic E-state index is 12.9. The van der Waals surface area contributed by atoms with Crippen LogP contribution in [0.15, 0.2) is 6.33 Å². The number of aromatic nitrogens is 2. The lowest BCUT2D eigenvalue weighted by molar-refractivity contribution is -0.126. The maximum absolute atomic E-state index is 12.9. The van der Waals surface area contributed by atoms with Gasteiger partial charge < -0.3 is 15.0 Å². The van der Waals surface area contributed by atoms with E-state index in [1.54, 1.807) is 11.2 Å². The van der Waals surface area contributed by atoms with Crippen LogP contribution in [-0.4, -0.2) is 64.2 Å². The normalized spacial score (nSPS) is 22.2. The van der Waals surface area contributed by atoms with Crippen molar-refractivity contribution >= 4 is 17.8 Å². The fourth-order valence-corrected chi connectivity index (χ4v) is 4.89. The summed E-state index contributed by atoms with van der Waals surface area (Å²) in [6.45, 7) is 7.85. The van der Waals surface area contributed by atoms with Gasteiger partial charge in [0, 0.05) is 36.9 Å². The molecule has 1 aliphatic carbocycles. The van der Waals surface area contributed by atoms with Crippen molar-refractivity contribution in [2.45, 2.75) is 89.8 Å². The molecule has 3 aliphatic rings. The van der Waals surface area contributed by atoms with Crippen LogP contribution in [0, 0.1) is 0 Å². The number of nitrogens with zero attached hydrogens (tertiary/aromatic N) is 4. The molecule has 3 heterocycles. The fraction of sp³-hybridized carbons (Fsp3) is 0.739. The van der Waals surface area contributed by atoms with Gasteiger partial charge in [0.05, 0.1) is 0 Å². The van der Waals surface area contributed by atoms with Crippen LogP contribution in [0.2, 0.25) is 0 Å². The van der Waals surface area contributed by atoms with Crippen molar-refractivity contribution in [3.05, 3.63) is 17.6 Å². The van der Waals surface area contributed by atoms with Gasteiger partial charge in [0.25, 0.3) is 0 Å². The minimum Gasteiger partial charge on any atom is -0.444 e. The largest absolute Gasteiger partial charge is 0.444 e. The van der Waals surface area contributed by atoms with Gasteiger partial charge in [-0.3, -0.25) is 9.69 Å². The number of amides is 2. The summed E-state index contributed by atoms with van der Waals surface area (Å²) in [6, 6.07) is -0.302. The number of piperidine rings is 1. The molecule has 2 saturated heterocycles. The number of nitrogens with one attached hydrogen (secondary N) is 1. The maximum Gasteiger partial charge on any atom is 0.410 e. The molecule has 0 aromatic carbocycles. The number of ether oxygens (including phenoxy) is 1. The van der Waals surface area contributed by atoms with E-state index in [1.807, 2.05) is 20.8 Å². The van der Waals surface area contributed by atoms with Gasteiger partial charge in [-0.05, 0) is 72.1 Å². The third-order valence-electron chi connectivity index (χ3n) is 6.43. The highest BCUT2D eigenvalue weighted by molar-refractivity contribution is 5.86. The highest BCUT2D eigenvalue weighted by Gasteiger charge is 2.37. The Labute approximate surface area is 184 Å². The van der Waals surface area contributed by atoms with Gasteiger partial charge in [0.2, 0.25) is 5.91 Å². The van der Waals surface area contributed by atoms with E-state index in [-0.39, 0.29) is 11.9 Å². The van der Waals surface area contributed by atoms with Gasteiger partial charge in [-0.25, -0.2) is 14.8 Å². The monoisotopic (exact) mass is 429 g/mol. The Morgan fingerprint density at radius 1 is 1.03 bits per heavy atom.